The number of aliphatic imine (C=N–C) groups is 1. The minimum atomic E-state index is 0.817. The Kier molecular flexibility index (Phi) is 1.24. The molecule has 0 radical (unpaired) electrons. The van der Waals surface area contributed by atoms with E-state index < -0.39 is 0 Å². The predicted octanol–water partition coefficient (Wildman–Crippen LogP) is 1.21. The molecule has 0 saturated carbocycles. The molecular formula is C9H9N3O. The van der Waals surface area contributed by atoms with E-state index in [9.17, 15) is 0 Å². The van der Waals surface area contributed by atoms with Crippen LogP contribution in [0.4, 0.5) is 11.4 Å². The lowest BCUT2D eigenvalue weighted by atomic mass is 10.1. The Morgan fingerprint density at radius 3 is 3.38 bits per heavy atom. The van der Waals surface area contributed by atoms with Crippen molar-refractivity contribution in [2.24, 2.45) is 4.99 Å². The van der Waals surface area contributed by atoms with E-state index in [2.05, 4.69) is 21.9 Å². The maximum Gasteiger partial charge on any atom is 0.203 e. The number of nitrogens with one attached hydrogen (secondary N) is 2. The molecule has 2 aliphatic heterocycles. The largest absolute Gasteiger partial charge is 0.381 e. The van der Waals surface area contributed by atoms with Crippen molar-refractivity contribution in [2.45, 2.75) is 6.42 Å². The van der Waals surface area contributed by atoms with Gasteiger partial charge in [-0.15, -0.1) is 0 Å². The van der Waals surface area contributed by atoms with Crippen molar-refractivity contribution in [3.05, 3.63) is 17.7 Å². The Bertz CT molecular complexity index is 387. The number of hydrogen-bond donors (Lipinski definition) is 2. The first-order chi connectivity index (χ1) is 6.45. The van der Waals surface area contributed by atoms with Gasteiger partial charge in [-0.25, -0.2) is 10.5 Å². The van der Waals surface area contributed by atoms with Crippen LogP contribution in [0.2, 0.25) is 0 Å². The lowest BCUT2D eigenvalue weighted by Gasteiger charge is -2.15. The van der Waals surface area contributed by atoms with E-state index in [-0.39, 0.29) is 0 Å². The van der Waals surface area contributed by atoms with Gasteiger partial charge in [0.15, 0.2) is 0 Å². The van der Waals surface area contributed by atoms with Crippen LogP contribution in [0.5, 0.6) is 5.75 Å². The van der Waals surface area contributed by atoms with Gasteiger partial charge in [0.2, 0.25) is 5.75 Å². The molecule has 66 valence electrons. The number of hydroxylamine groups is 1. The van der Waals surface area contributed by atoms with E-state index in [1.54, 1.807) is 6.34 Å². The summed E-state index contributed by atoms with van der Waals surface area (Å²) in [5.74, 6) is 0.817. The molecule has 13 heavy (non-hydrogen) atoms. The molecule has 0 saturated heterocycles. The van der Waals surface area contributed by atoms with Crippen molar-refractivity contribution in [1.82, 2.24) is 5.48 Å². The first kappa shape index (κ1) is 6.77. The minimum absolute atomic E-state index is 0.817. The third-order valence-corrected chi connectivity index (χ3v) is 2.34. The molecule has 4 nitrogen and oxygen atoms in total. The number of rotatable bonds is 0. The highest BCUT2D eigenvalue weighted by Gasteiger charge is 2.20. The monoisotopic (exact) mass is 175 g/mol. The molecule has 0 aromatic heterocycles. The van der Waals surface area contributed by atoms with Crippen LogP contribution in [0.1, 0.15) is 5.56 Å². The molecule has 0 atom stereocenters. The van der Waals surface area contributed by atoms with Crippen LogP contribution in [0.25, 0.3) is 0 Å². The van der Waals surface area contributed by atoms with Crippen molar-refractivity contribution in [3.63, 3.8) is 0 Å². The fourth-order valence-corrected chi connectivity index (χ4v) is 1.72. The molecule has 4 heteroatoms. The summed E-state index contributed by atoms with van der Waals surface area (Å²) in [6.45, 7) is 0.985. The number of nitrogens with zero attached hydrogens (tertiary/aromatic N) is 1. The summed E-state index contributed by atoms with van der Waals surface area (Å²) in [5, 5.41) is 3.29. The topological polar surface area (TPSA) is 45.6 Å². The van der Waals surface area contributed by atoms with Gasteiger partial charge in [-0.05, 0) is 18.1 Å². The van der Waals surface area contributed by atoms with Crippen LogP contribution in [-0.4, -0.2) is 12.9 Å². The Balaban J connectivity index is 2.23. The Labute approximate surface area is 75.6 Å². The Morgan fingerprint density at radius 2 is 2.38 bits per heavy atom. The lowest BCUT2D eigenvalue weighted by molar-refractivity contribution is 0.265. The molecule has 0 unspecified atom stereocenters. The van der Waals surface area contributed by atoms with Crippen molar-refractivity contribution in [1.29, 1.82) is 0 Å². The van der Waals surface area contributed by atoms with Gasteiger partial charge >= 0.3 is 0 Å². The van der Waals surface area contributed by atoms with Crippen LogP contribution in [0, 0.1) is 0 Å². The van der Waals surface area contributed by atoms with Crippen LogP contribution < -0.4 is 15.6 Å². The van der Waals surface area contributed by atoms with Gasteiger partial charge in [-0.1, -0.05) is 6.07 Å². The molecule has 0 amide bonds. The zero-order chi connectivity index (χ0) is 8.67. The highest BCUT2D eigenvalue weighted by molar-refractivity contribution is 5.78. The SMILES string of the molecule is C1=Nc2ccc3c(c2ON1)NCC3. The highest BCUT2D eigenvalue weighted by atomic mass is 16.6. The molecule has 2 N–H and O–H groups in total. The maximum atomic E-state index is 5.30. The lowest BCUT2D eigenvalue weighted by Crippen LogP contribution is -2.19. The molecule has 0 fully saturated rings. The summed E-state index contributed by atoms with van der Waals surface area (Å²) in [6.07, 6.45) is 2.61. The highest BCUT2D eigenvalue weighted by Crippen LogP contribution is 2.40. The average molecular weight is 175 g/mol. The van der Waals surface area contributed by atoms with Crippen molar-refractivity contribution in [2.75, 3.05) is 11.9 Å². The third-order valence-electron chi connectivity index (χ3n) is 2.34. The summed E-state index contributed by atoms with van der Waals surface area (Å²) >= 11 is 0. The molecule has 0 spiro atoms. The first-order valence-corrected chi connectivity index (χ1v) is 4.30. The Morgan fingerprint density at radius 1 is 1.38 bits per heavy atom. The number of benzene rings is 1. The maximum absolute atomic E-state index is 5.30. The zero-order valence-corrected chi connectivity index (χ0v) is 7.00. The summed E-state index contributed by atoms with van der Waals surface area (Å²) in [4.78, 5) is 9.47. The second-order valence-corrected chi connectivity index (χ2v) is 3.10. The van der Waals surface area contributed by atoms with Crippen LogP contribution in [0.3, 0.4) is 0 Å². The second kappa shape index (κ2) is 2.39. The van der Waals surface area contributed by atoms with E-state index >= 15 is 0 Å². The van der Waals surface area contributed by atoms with E-state index in [0.29, 0.717) is 0 Å². The Hall–Kier alpha value is -1.71. The van der Waals surface area contributed by atoms with Gasteiger partial charge in [0.1, 0.15) is 12.0 Å². The van der Waals surface area contributed by atoms with Crippen LogP contribution >= 0.6 is 0 Å². The van der Waals surface area contributed by atoms with E-state index in [1.807, 2.05) is 6.07 Å². The standard InChI is InChI=1S/C9H9N3O/c1-2-7-9(13-12-5-11-7)8-6(1)3-4-10-8/h1-2,5,10H,3-4H2,(H,11,12). The van der Waals surface area contributed by atoms with Gasteiger partial charge in [0.05, 0.1) is 5.69 Å². The van der Waals surface area contributed by atoms with Crippen molar-refractivity contribution < 1.29 is 4.84 Å². The normalized spacial score (nSPS) is 16.6. The summed E-state index contributed by atoms with van der Waals surface area (Å²) in [7, 11) is 0. The third kappa shape index (κ3) is 0.884. The molecule has 1 aromatic carbocycles. The molecule has 2 heterocycles. The molecule has 0 aliphatic carbocycles. The van der Waals surface area contributed by atoms with E-state index in [1.165, 1.54) is 5.56 Å². The van der Waals surface area contributed by atoms with Crippen LogP contribution in [0.15, 0.2) is 17.1 Å². The average Bonchev–Trinajstić information content (AvgIpc) is 2.65. The van der Waals surface area contributed by atoms with Gasteiger partial charge in [0.25, 0.3) is 0 Å². The fourth-order valence-electron chi connectivity index (χ4n) is 1.72. The molecule has 3 rings (SSSR count). The quantitative estimate of drug-likeness (QED) is 0.623. The molecular weight excluding hydrogens is 166 g/mol. The second-order valence-electron chi connectivity index (χ2n) is 3.10. The predicted molar refractivity (Wildman–Crippen MR) is 50.6 cm³/mol. The molecule has 1 aromatic rings. The van der Waals surface area contributed by atoms with Crippen molar-refractivity contribution in [3.8, 4) is 5.75 Å². The summed E-state index contributed by atoms with van der Waals surface area (Å²) in [6, 6.07) is 4.08. The van der Waals surface area contributed by atoms with Gasteiger partial charge < -0.3 is 10.2 Å². The van der Waals surface area contributed by atoms with Gasteiger partial charge in [-0.3, -0.25) is 0 Å². The van der Waals surface area contributed by atoms with E-state index in [4.69, 9.17) is 4.84 Å². The van der Waals surface area contributed by atoms with Gasteiger partial charge in [-0.2, -0.15) is 0 Å². The zero-order valence-electron chi connectivity index (χ0n) is 7.00. The number of hydrogen-bond acceptors (Lipinski definition) is 4. The van der Waals surface area contributed by atoms with Crippen molar-refractivity contribution >= 4 is 17.7 Å². The number of fused-ring (bicyclic) bond motifs is 3. The minimum Gasteiger partial charge on any atom is -0.381 e. The number of anilines is 1. The molecule has 0 bridgehead atoms. The van der Waals surface area contributed by atoms with Crippen LogP contribution in [-0.2, 0) is 6.42 Å². The smallest absolute Gasteiger partial charge is 0.203 e. The first-order valence-electron chi connectivity index (χ1n) is 4.30. The summed E-state index contributed by atoms with van der Waals surface area (Å²) in [5.41, 5.74) is 5.91. The van der Waals surface area contributed by atoms with E-state index in [0.717, 1.165) is 30.1 Å². The summed E-state index contributed by atoms with van der Waals surface area (Å²) < 4.78 is 0. The fraction of sp³-hybridized carbons (Fsp3) is 0.222. The van der Waals surface area contributed by atoms with Gasteiger partial charge in [0, 0.05) is 6.54 Å². The molecule has 2 aliphatic rings.